The standard InChI is InChI=1S/C22H18ClFN2O3S/c23-21-10-9-19(13-20(21)22(27)25-18-7-5-17(24)6-8-18)30(28,29)26-12-11-15-3-1-2-4-16(15)14-26/h1-10,13H,11-12,14H2,(H,25,27). The lowest BCUT2D eigenvalue weighted by atomic mass is 10.0. The molecular formula is C22H18ClFN2O3S. The molecule has 1 heterocycles. The normalized spacial score (nSPS) is 14.2. The number of amides is 1. The average molecular weight is 445 g/mol. The number of hydrogen-bond acceptors (Lipinski definition) is 3. The molecule has 0 aromatic heterocycles. The minimum atomic E-state index is -3.81. The minimum Gasteiger partial charge on any atom is -0.322 e. The molecule has 0 aliphatic carbocycles. The number of carbonyl (C=O) groups is 1. The zero-order chi connectivity index (χ0) is 21.3. The summed E-state index contributed by atoms with van der Waals surface area (Å²) in [6, 6.07) is 17.1. The summed E-state index contributed by atoms with van der Waals surface area (Å²) in [6.45, 7) is 0.636. The molecule has 0 saturated heterocycles. The van der Waals surface area contributed by atoms with Crippen LogP contribution in [-0.4, -0.2) is 25.2 Å². The maximum Gasteiger partial charge on any atom is 0.257 e. The molecule has 0 spiro atoms. The monoisotopic (exact) mass is 444 g/mol. The van der Waals surface area contributed by atoms with Crippen LogP contribution in [0.2, 0.25) is 5.02 Å². The Hall–Kier alpha value is -2.74. The van der Waals surface area contributed by atoms with Crippen molar-refractivity contribution in [3.63, 3.8) is 0 Å². The van der Waals surface area contributed by atoms with Gasteiger partial charge in [-0.25, -0.2) is 12.8 Å². The topological polar surface area (TPSA) is 66.5 Å². The number of fused-ring (bicyclic) bond motifs is 1. The van der Waals surface area contributed by atoms with Crippen molar-refractivity contribution in [2.75, 3.05) is 11.9 Å². The first-order chi connectivity index (χ1) is 14.3. The van der Waals surface area contributed by atoms with Crippen molar-refractivity contribution < 1.29 is 17.6 Å². The Bertz CT molecular complexity index is 1210. The highest BCUT2D eigenvalue weighted by atomic mass is 35.5. The Morgan fingerprint density at radius 1 is 1.00 bits per heavy atom. The molecule has 154 valence electrons. The van der Waals surface area contributed by atoms with E-state index in [1.165, 1.54) is 46.8 Å². The van der Waals surface area contributed by atoms with E-state index in [2.05, 4.69) is 5.32 Å². The predicted octanol–water partition coefficient (Wildman–Crippen LogP) is 4.48. The van der Waals surface area contributed by atoms with Gasteiger partial charge in [0.15, 0.2) is 0 Å². The number of sulfonamides is 1. The van der Waals surface area contributed by atoms with Gasteiger partial charge in [0.1, 0.15) is 5.82 Å². The number of nitrogens with zero attached hydrogens (tertiary/aromatic N) is 1. The first-order valence-corrected chi connectivity index (χ1v) is 11.1. The van der Waals surface area contributed by atoms with Crippen LogP contribution in [0.3, 0.4) is 0 Å². The molecule has 0 atom stereocenters. The lowest BCUT2D eigenvalue weighted by Crippen LogP contribution is -2.36. The number of rotatable bonds is 4. The smallest absolute Gasteiger partial charge is 0.257 e. The summed E-state index contributed by atoms with van der Waals surface area (Å²) in [5, 5.41) is 2.72. The van der Waals surface area contributed by atoms with Crippen LogP contribution in [-0.2, 0) is 23.0 Å². The third kappa shape index (κ3) is 4.09. The first-order valence-electron chi connectivity index (χ1n) is 9.28. The van der Waals surface area contributed by atoms with Crippen LogP contribution in [0.15, 0.2) is 71.6 Å². The molecule has 1 N–H and O–H groups in total. The van der Waals surface area contributed by atoms with Crippen LogP contribution in [0.1, 0.15) is 21.5 Å². The van der Waals surface area contributed by atoms with Gasteiger partial charge in [0, 0.05) is 18.8 Å². The van der Waals surface area contributed by atoms with Crippen LogP contribution in [0.5, 0.6) is 0 Å². The number of benzene rings is 3. The van der Waals surface area contributed by atoms with Crippen molar-refractivity contribution >= 4 is 33.2 Å². The van der Waals surface area contributed by atoms with Gasteiger partial charge in [0.25, 0.3) is 5.91 Å². The van der Waals surface area contributed by atoms with Gasteiger partial charge >= 0.3 is 0 Å². The Labute approximate surface area is 179 Å². The second-order valence-corrected chi connectivity index (χ2v) is 9.31. The number of carbonyl (C=O) groups excluding carboxylic acids is 1. The fraction of sp³-hybridized carbons (Fsp3) is 0.136. The molecule has 0 bridgehead atoms. The van der Waals surface area contributed by atoms with Crippen LogP contribution in [0, 0.1) is 5.82 Å². The molecule has 1 aliphatic rings. The van der Waals surface area contributed by atoms with Gasteiger partial charge in [-0.15, -0.1) is 0 Å². The van der Waals surface area contributed by atoms with E-state index in [1.54, 1.807) is 0 Å². The van der Waals surface area contributed by atoms with E-state index in [-0.39, 0.29) is 22.0 Å². The molecule has 0 fully saturated rings. The Balaban J connectivity index is 1.60. The van der Waals surface area contributed by atoms with Crippen LogP contribution >= 0.6 is 11.6 Å². The number of anilines is 1. The molecule has 30 heavy (non-hydrogen) atoms. The number of nitrogens with one attached hydrogen (secondary N) is 1. The third-order valence-corrected chi connectivity index (χ3v) is 7.19. The van der Waals surface area contributed by atoms with E-state index < -0.39 is 21.7 Å². The van der Waals surface area contributed by atoms with E-state index in [4.69, 9.17) is 11.6 Å². The highest BCUT2D eigenvalue weighted by Gasteiger charge is 2.29. The number of halogens is 2. The molecule has 4 rings (SSSR count). The van der Waals surface area contributed by atoms with Gasteiger partial charge in [-0.05, 0) is 60.0 Å². The van der Waals surface area contributed by atoms with Crippen LogP contribution in [0.4, 0.5) is 10.1 Å². The fourth-order valence-electron chi connectivity index (χ4n) is 3.39. The van der Waals surface area contributed by atoms with E-state index >= 15 is 0 Å². The van der Waals surface area contributed by atoms with Crippen molar-refractivity contribution in [1.82, 2.24) is 4.31 Å². The Morgan fingerprint density at radius 3 is 2.43 bits per heavy atom. The maximum absolute atomic E-state index is 13.2. The quantitative estimate of drug-likeness (QED) is 0.645. The van der Waals surface area contributed by atoms with Crippen molar-refractivity contribution in [3.05, 3.63) is 94.3 Å². The van der Waals surface area contributed by atoms with Crippen LogP contribution in [0.25, 0.3) is 0 Å². The van der Waals surface area contributed by atoms with E-state index in [0.717, 1.165) is 11.1 Å². The van der Waals surface area contributed by atoms with Crippen molar-refractivity contribution in [2.45, 2.75) is 17.9 Å². The van der Waals surface area contributed by atoms with Gasteiger partial charge in [-0.1, -0.05) is 35.9 Å². The van der Waals surface area contributed by atoms with E-state index in [1.807, 2.05) is 24.3 Å². The van der Waals surface area contributed by atoms with Gasteiger partial charge < -0.3 is 5.32 Å². The van der Waals surface area contributed by atoms with E-state index in [0.29, 0.717) is 18.7 Å². The zero-order valence-electron chi connectivity index (χ0n) is 15.8. The predicted molar refractivity (Wildman–Crippen MR) is 114 cm³/mol. The Kier molecular flexibility index (Phi) is 5.60. The van der Waals surface area contributed by atoms with Gasteiger partial charge in [-0.3, -0.25) is 4.79 Å². The highest BCUT2D eigenvalue weighted by Crippen LogP contribution is 2.28. The van der Waals surface area contributed by atoms with Gasteiger partial charge in [0.2, 0.25) is 10.0 Å². The first kappa shape index (κ1) is 20.5. The zero-order valence-corrected chi connectivity index (χ0v) is 17.4. The summed E-state index contributed by atoms with van der Waals surface area (Å²) >= 11 is 6.16. The second kappa shape index (κ2) is 8.18. The summed E-state index contributed by atoms with van der Waals surface area (Å²) in [5.41, 5.74) is 2.51. The molecule has 3 aromatic rings. The van der Waals surface area contributed by atoms with Gasteiger partial charge in [-0.2, -0.15) is 4.31 Å². The number of hydrogen-bond donors (Lipinski definition) is 1. The molecule has 0 saturated carbocycles. The second-order valence-electron chi connectivity index (χ2n) is 6.96. The summed E-state index contributed by atoms with van der Waals surface area (Å²) in [6.07, 6.45) is 0.626. The summed E-state index contributed by atoms with van der Waals surface area (Å²) in [5.74, 6) is -1.00. The maximum atomic E-state index is 13.2. The molecule has 1 amide bonds. The van der Waals surface area contributed by atoms with E-state index in [9.17, 15) is 17.6 Å². The molecule has 5 nitrogen and oxygen atoms in total. The van der Waals surface area contributed by atoms with Crippen molar-refractivity contribution in [2.24, 2.45) is 0 Å². The van der Waals surface area contributed by atoms with Crippen molar-refractivity contribution in [1.29, 1.82) is 0 Å². The third-order valence-electron chi connectivity index (χ3n) is 5.02. The highest BCUT2D eigenvalue weighted by molar-refractivity contribution is 7.89. The summed E-state index contributed by atoms with van der Waals surface area (Å²) < 4.78 is 40.8. The average Bonchev–Trinajstić information content (AvgIpc) is 2.75. The molecule has 1 aliphatic heterocycles. The molecule has 8 heteroatoms. The molecule has 0 radical (unpaired) electrons. The summed E-state index contributed by atoms with van der Waals surface area (Å²) in [4.78, 5) is 12.6. The molecule has 0 unspecified atom stereocenters. The Morgan fingerprint density at radius 2 is 1.70 bits per heavy atom. The van der Waals surface area contributed by atoms with Crippen LogP contribution < -0.4 is 5.32 Å². The minimum absolute atomic E-state index is 0.00413. The fourth-order valence-corrected chi connectivity index (χ4v) is 5.04. The largest absolute Gasteiger partial charge is 0.322 e. The molecular weight excluding hydrogens is 427 g/mol. The lowest BCUT2D eigenvalue weighted by Gasteiger charge is -2.28. The molecule has 3 aromatic carbocycles. The lowest BCUT2D eigenvalue weighted by molar-refractivity contribution is 0.102. The summed E-state index contributed by atoms with van der Waals surface area (Å²) in [7, 11) is -3.81. The van der Waals surface area contributed by atoms with Crippen molar-refractivity contribution in [3.8, 4) is 0 Å². The SMILES string of the molecule is O=C(Nc1ccc(F)cc1)c1cc(S(=O)(=O)N2CCc3ccccc3C2)ccc1Cl. The van der Waals surface area contributed by atoms with Gasteiger partial charge in [0.05, 0.1) is 15.5 Å².